The molecule has 0 radical (unpaired) electrons. The maximum Gasteiger partial charge on any atom is 0.397 e. The summed E-state index contributed by atoms with van der Waals surface area (Å²) in [5.74, 6) is -1.32. The number of aliphatic hydroxyl groups is 3. The van der Waals surface area contributed by atoms with E-state index in [2.05, 4.69) is 55.4 Å². The number of ether oxygens (including phenoxy) is 3. The quantitative estimate of drug-likeness (QED) is 0.101. The van der Waals surface area contributed by atoms with E-state index in [1.165, 1.54) is 22.3 Å². The molecule has 4 saturated heterocycles. The fourth-order valence-corrected chi connectivity index (χ4v) is 22.9. The number of aliphatic hydroxyl groups excluding tert-OH is 2. The second kappa shape index (κ2) is 17.3. The molecule has 12 rings (SSSR count). The highest BCUT2D eigenvalue weighted by Gasteiger charge is 2.75. The molecule has 0 aromatic heterocycles. The third-order valence-corrected chi connectivity index (χ3v) is 25.9. The lowest BCUT2D eigenvalue weighted by Crippen LogP contribution is -2.76. The number of allylic oxidation sites excluding steroid dienone is 1. The summed E-state index contributed by atoms with van der Waals surface area (Å²) in [5, 5.41) is 34.5. The normalized spacial score (nSPS) is 50.3. The first-order valence-electron chi connectivity index (χ1n) is 28.9. The van der Waals surface area contributed by atoms with Gasteiger partial charge in [0.25, 0.3) is 0 Å². The molecule has 15 nitrogen and oxygen atoms in total. The van der Waals surface area contributed by atoms with Gasteiger partial charge in [0, 0.05) is 28.1 Å². The molecule has 1 unspecified atom stereocenters. The lowest BCUT2D eigenvalue weighted by molar-refractivity contribution is -0.408. The van der Waals surface area contributed by atoms with Crippen LogP contribution in [0.4, 0.5) is 0 Å². The van der Waals surface area contributed by atoms with Gasteiger partial charge in [0.05, 0.1) is 42.2 Å². The van der Waals surface area contributed by atoms with Crippen molar-refractivity contribution < 1.29 is 68.6 Å². The van der Waals surface area contributed by atoms with Crippen LogP contribution in [-0.4, -0.2) is 107 Å². The number of ketones is 1. The highest BCUT2D eigenvalue weighted by Crippen LogP contribution is 2.73. The molecule has 75 heavy (non-hydrogen) atoms. The summed E-state index contributed by atoms with van der Waals surface area (Å²) in [7, 11) is -9.68. The summed E-state index contributed by atoms with van der Waals surface area (Å²) in [5.41, 5.74) is 0.325. The molecule has 4 heterocycles. The van der Waals surface area contributed by atoms with Crippen molar-refractivity contribution >= 4 is 26.6 Å². The predicted molar refractivity (Wildman–Crippen MR) is 278 cm³/mol. The predicted octanol–water partition coefficient (Wildman–Crippen LogP) is 9.29. The maximum atomic E-state index is 13.5. The monoisotopic (exact) mass is 1090 g/mol. The van der Waals surface area contributed by atoms with Crippen molar-refractivity contribution in [3.05, 3.63) is 22.3 Å². The van der Waals surface area contributed by atoms with Crippen molar-refractivity contribution in [2.45, 2.75) is 239 Å². The topological polar surface area (TPSA) is 233 Å². The molecule has 0 amide bonds. The number of hydrogen-bond acceptors (Lipinski definition) is 13. The molecule has 17 heteroatoms. The maximum absolute atomic E-state index is 13.5. The second-order valence-electron chi connectivity index (χ2n) is 29.5. The van der Waals surface area contributed by atoms with Crippen molar-refractivity contribution in [3.8, 4) is 0 Å². The van der Waals surface area contributed by atoms with Crippen LogP contribution in [0.2, 0.25) is 0 Å². The van der Waals surface area contributed by atoms with E-state index in [-0.39, 0.29) is 71.6 Å². The molecule has 4 bridgehead atoms. The number of fused-ring (bicyclic) bond motifs is 10. The summed E-state index contributed by atoms with van der Waals surface area (Å²) in [4.78, 5) is 13.5. The van der Waals surface area contributed by atoms with Crippen LogP contribution >= 0.6 is 0 Å². The van der Waals surface area contributed by atoms with Crippen molar-refractivity contribution in [1.29, 1.82) is 0 Å². The van der Waals surface area contributed by atoms with Gasteiger partial charge in [-0.05, 0) is 181 Å². The van der Waals surface area contributed by atoms with Gasteiger partial charge in [-0.1, -0.05) is 84.6 Å². The Morgan fingerprint density at radius 3 is 1.89 bits per heavy atom. The zero-order valence-corrected chi connectivity index (χ0v) is 48.4. The van der Waals surface area contributed by atoms with Crippen LogP contribution in [-0.2, 0) is 48.2 Å². The molecule has 0 aromatic rings. The first-order chi connectivity index (χ1) is 34.5. The van der Waals surface area contributed by atoms with Gasteiger partial charge in [-0.2, -0.15) is 16.8 Å². The summed E-state index contributed by atoms with van der Waals surface area (Å²) in [6.07, 6.45) is 7.77. The van der Waals surface area contributed by atoms with Crippen molar-refractivity contribution in [2.24, 2.45) is 85.8 Å². The van der Waals surface area contributed by atoms with Crippen LogP contribution in [0.3, 0.4) is 0 Å². The lowest BCUT2D eigenvalue weighted by Gasteiger charge is -2.69. The molecule has 1 spiro atoms. The summed E-state index contributed by atoms with van der Waals surface area (Å²) >= 11 is 0. The Bertz CT molecular complexity index is 2660. The Labute approximate surface area is 447 Å². The largest absolute Gasteiger partial charge is 0.397 e. The Morgan fingerprint density at radius 1 is 0.733 bits per heavy atom. The SMILES string of the molecule is C[C@@H]([C@H]1CC[C@H]2C3=C(CC[C@]12C)[C@@]12CO[C@](O)([C@@H](O)C1)C(C)(C)C2[C@@H](OS(=O)(=O)O)C3)[C@H]1C[C@@H]2C[C@@](C)(OC2(C)C)[C@H](CC[C@@H](C)[C@H]2CC[C@H]3C4=C(CC[C@]23C)[C@@]2(C)C[C@H](O)C(=O)C(C)(C)[C@H]2[C@@H](OS(=O)(=O)O)C4)O1. The van der Waals surface area contributed by atoms with Gasteiger partial charge in [-0.3, -0.25) is 13.9 Å². The van der Waals surface area contributed by atoms with E-state index in [0.717, 1.165) is 77.0 Å². The van der Waals surface area contributed by atoms with E-state index < -0.39 is 90.1 Å². The van der Waals surface area contributed by atoms with Gasteiger partial charge in [-0.15, -0.1) is 0 Å². The number of rotatable bonds is 10. The standard InChI is InChI=1S/C58H90O15S2/c1-30(35-14-16-37-33-24-43(71-74(63,64)65)47-50(3,4)49(61)41(59)27-55(47,11)39(33)19-21-53(35,37)9)13-18-46-56(12)26-32(52(7,8)73-56)23-42(70-46)31(2)36-15-17-38-34-25-44(72-75(66,67)68)48-51(5,6)58(62)45(60)28-57(48,29-69-58)40(34)20-22-54(36,38)10/h30-32,35-38,41-48,59-60,62H,13-29H2,1-12H3,(H,63,64,65)(H,66,67,68)/t30-,31+,32-,35-,36-,37+,38+,41+,42-,43+,44+,45+,46+,47-,48?,53-,54-,55-,56-,57+,58-/m1/s1. The summed E-state index contributed by atoms with van der Waals surface area (Å²) in [6.45, 7) is 25.8. The molecule has 4 aliphatic heterocycles. The van der Waals surface area contributed by atoms with E-state index in [0.29, 0.717) is 36.5 Å². The zero-order valence-electron chi connectivity index (χ0n) is 46.8. The molecule has 12 aliphatic rings. The molecule has 5 N–H and O–H groups in total. The average Bonchev–Trinajstić information content (AvgIpc) is 3.86. The highest BCUT2D eigenvalue weighted by molar-refractivity contribution is 7.81. The van der Waals surface area contributed by atoms with Gasteiger partial charge in [0.1, 0.15) is 12.2 Å². The number of Topliss-reactive ketones (excluding diaryl/α,β-unsaturated/α-hetero) is 1. The summed E-state index contributed by atoms with van der Waals surface area (Å²) in [6, 6.07) is 0. The fraction of sp³-hybridized carbons (Fsp3) is 0.914. The number of hydrogen-bond donors (Lipinski definition) is 5. The third kappa shape index (κ3) is 8.02. The first kappa shape index (κ1) is 55.6. The third-order valence-electron chi connectivity index (χ3n) is 25.0. The summed E-state index contributed by atoms with van der Waals surface area (Å²) < 4.78 is 102. The van der Waals surface area contributed by atoms with Gasteiger partial charge in [0.15, 0.2) is 11.6 Å². The van der Waals surface area contributed by atoms with Gasteiger partial charge >= 0.3 is 20.8 Å². The van der Waals surface area contributed by atoms with Gasteiger partial charge in [-0.25, -0.2) is 8.37 Å². The molecule has 424 valence electrons. The minimum Gasteiger partial charge on any atom is -0.387 e. The van der Waals surface area contributed by atoms with Gasteiger partial charge in [0.2, 0.25) is 0 Å². The van der Waals surface area contributed by atoms with Crippen molar-refractivity contribution in [2.75, 3.05) is 6.61 Å². The van der Waals surface area contributed by atoms with E-state index in [4.69, 9.17) is 22.6 Å². The Kier molecular flexibility index (Phi) is 12.8. The molecule has 8 fully saturated rings. The van der Waals surface area contributed by atoms with Crippen LogP contribution in [0, 0.1) is 85.8 Å². The minimum absolute atomic E-state index is 0.00929. The molecular weight excluding hydrogens is 1000 g/mol. The average molecular weight is 1090 g/mol. The smallest absolute Gasteiger partial charge is 0.387 e. The van der Waals surface area contributed by atoms with Crippen LogP contribution in [0.25, 0.3) is 0 Å². The Hall–Kier alpha value is -1.35. The molecule has 4 saturated carbocycles. The van der Waals surface area contributed by atoms with E-state index in [1.54, 1.807) is 13.8 Å². The molecule has 21 atom stereocenters. The number of carbonyl (C=O) groups excluding carboxylic acids is 1. The fourth-order valence-electron chi connectivity index (χ4n) is 22.0. The van der Waals surface area contributed by atoms with Crippen molar-refractivity contribution in [3.63, 3.8) is 0 Å². The zero-order chi connectivity index (χ0) is 54.6. The second-order valence-corrected chi connectivity index (χ2v) is 31.6. The minimum atomic E-state index is -4.85. The molecular formula is C58H90O15S2. The first-order valence-corrected chi connectivity index (χ1v) is 31.6. The van der Waals surface area contributed by atoms with Crippen LogP contribution in [0.1, 0.15) is 186 Å². The Morgan fingerprint density at radius 2 is 1.29 bits per heavy atom. The molecule has 8 aliphatic carbocycles. The van der Waals surface area contributed by atoms with E-state index in [9.17, 15) is 46.1 Å². The number of carbonyl (C=O) groups is 1. The Balaban J connectivity index is 0.835. The highest BCUT2D eigenvalue weighted by atomic mass is 32.3. The van der Waals surface area contributed by atoms with Crippen molar-refractivity contribution in [1.82, 2.24) is 0 Å². The van der Waals surface area contributed by atoms with Gasteiger partial charge < -0.3 is 29.5 Å². The molecule has 0 aromatic carbocycles. The lowest BCUT2D eigenvalue weighted by atomic mass is 9.42. The van der Waals surface area contributed by atoms with Crippen LogP contribution in [0.5, 0.6) is 0 Å². The van der Waals surface area contributed by atoms with Crippen LogP contribution in [0.15, 0.2) is 22.3 Å². The van der Waals surface area contributed by atoms with Crippen LogP contribution < -0.4 is 0 Å². The van der Waals surface area contributed by atoms with E-state index >= 15 is 0 Å². The van der Waals surface area contributed by atoms with E-state index in [1.807, 2.05) is 13.8 Å².